The smallest absolute Gasteiger partial charge is 0.255 e. The molecule has 0 unspecified atom stereocenters. The van der Waals surface area contributed by atoms with Crippen LogP contribution in [0, 0.1) is 6.92 Å². The van der Waals surface area contributed by atoms with Crippen molar-refractivity contribution in [1.29, 1.82) is 0 Å². The topological polar surface area (TPSA) is 32.8 Å². The number of ether oxygens (including phenoxy) is 1. The largest absolute Gasteiger partial charge is 0.496 e. The van der Waals surface area contributed by atoms with Crippen LogP contribution >= 0.6 is 15.9 Å². The predicted octanol–water partition coefficient (Wildman–Crippen LogP) is 2.15. The number of likely N-dealkylation sites (N-methyl/N-ethyl adjacent to an activating group) is 1. The number of nitrogens with zero attached hydrogens (tertiary/aromatic N) is 2. The molecule has 0 bridgehead atoms. The molecule has 5 heteroatoms. The van der Waals surface area contributed by atoms with Gasteiger partial charge in [-0.3, -0.25) is 4.79 Å². The van der Waals surface area contributed by atoms with E-state index in [2.05, 4.69) is 27.9 Å². The Morgan fingerprint density at radius 2 is 1.89 bits per heavy atom. The van der Waals surface area contributed by atoms with Gasteiger partial charge in [0.2, 0.25) is 0 Å². The number of benzene rings is 1. The van der Waals surface area contributed by atoms with E-state index in [9.17, 15) is 4.79 Å². The number of piperazine rings is 1. The van der Waals surface area contributed by atoms with Crippen molar-refractivity contribution >= 4 is 21.8 Å². The molecule has 1 heterocycles. The molecule has 1 saturated heterocycles. The first-order valence-electron chi connectivity index (χ1n) is 6.35. The van der Waals surface area contributed by atoms with Crippen LogP contribution in [0.2, 0.25) is 0 Å². The van der Waals surface area contributed by atoms with Crippen LogP contribution in [0.25, 0.3) is 0 Å². The van der Waals surface area contributed by atoms with Gasteiger partial charge in [0.1, 0.15) is 5.75 Å². The second-order valence-corrected chi connectivity index (χ2v) is 5.70. The SMILES string of the molecule is COc1ccc(Br)c(C(=O)N2CCN(C)CC2)c1C. The molecule has 2 rings (SSSR count). The van der Waals surface area contributed by atoms with Crippen molar-refractivity contribution in [2.75, 3.05) is 40.3 Å². The first-order valence-corrected chi connectivity index (χ1v) is 7.14. The van der Waals surface area contributed by atoms with Gasteiger partial charge in [-0.1, -0.05) is 0 Å². The number of carbonyl (C=O) groups is 1. The van der Waals surface area contributed by atoms with Crippen molar-refractivity contribution in [3.8, 4) is 5.75 Å². The summed E-state index contributed by atoms with van der Waals surface area (Å²) in [6.45, 7) is 5.32. The second-order valence-electron chi connectivity index (χ2n) is 4.85. The second kappa shape index (κ2) is 5.92. The highest BCUT2D eigenvalue weighted by atomic mass is 79.9. The maximum Gasteiger partial charge on any atom is 0.255 e. The number of rotatable bonds is 2. The molecule has 1 aromatic rings. The van der Waals surface area contributed by atoms with Crippen LogP contribution in [0.15, 0.2) is 16.6 Å². The third-order valence-electron chi connectivity index (χ3n) is 3.59. The average Bonchev–Trinajstić information content (AvgIpc) is 2.39. The van der Waals surface area contributed by atoms with E-state index < -0.39 is 0 Å². The third kappa shape index (κ3) is 2.92. The highest BCUT2D eigenvalue weighted by molar-refractivity contribution is 9.10. The van der Waals surface area contributed by atoms with E-state index in [0.717, 1.165) is 42.0 Å². The van der Waals surface area contributed by atoms with Gasteiger partial charge in [-0.25, -0.2) is 0 Å². The van der Waals surface area contributed by atoms with Crippen LogP contribution in [0.5, 0.6) is 5.75 Å². The first kappa shape index (κ1) is 14.3. The monoisotopic (exact) mass is 326 g/mol. The molecule has 0 N–H and O–H groups in total. The quantitative estimate of drug-likeness (QED) is 0.834. The summed E-state index contributed by atoms with van der Waals surface area (Å²) in [6.07, 6.45) is 0. The number of hydrogen-bond acceptors (Lipinski definition) is 3. The molecule has 1 fully saturated rings. The molecule has 19 heavy (non-hydrogen) atoms. The van der Waals surface area contributed by atoms with Gasteiger partial charge >= 0.3 is 0 Å². The lowest BCUT2D eigenvalue weighted by Crippen LogP contribution is -2.47. The van der Waals surface area contributed by atoms with E-state index >= 15 is 0 Å². The predicted molar refractivity (Wildman–Crippen MR) is 78.8 cm³/mol. The van der Waals surface area contributed by atoms with Crippen molar-refractivity contribution in [3.63, 3.8) is 0 Å². The van der Waals surface area contributed by atoms with Crippen LogP contribution in [0.1, 0.15) is 15.9 Å². The van der Waals surface area contributed by atoms with Crippen LogP contribution in [0.3, 0.4) is 0 Å². The summed E-state index contributed by atoms with van der Waals surface area (Å²) in [6, 6.07) is 3.75. The van der Waals surface area contributed by atoms with Gasteiger partial charge in [0.25, 0.3) is 5.91 Å². The van der Waals surface area contributed by atoms with E-state index in [1.54, 1.807) is 7.11 Å². The molecule has 1 aromatic carbocycles. The van der Waals surface area contributed by atoms with Crippen molar-refractivity contribution < 1.29 is 9.53 Å². The van der Waals surface area contributed by atoms with Gasteiger partial charge in [-0.05, 0) is 42.0 Å². The number of carbonyl (C=O) groups excluding carboxylic acids is 1. The molecule has 0 saturated carbocycles. The van der Waals surface area contributed by atoms with Gasteiger partial charge in [-0.15, -0.1) is 0 Å². The van der Waals surface area contributed by atoms with E-state index in [1.807, 2.05) is 24.0 Å². The molecular formula is C14H19BrN2O2. The van der Waals surface area contributed by atoms with E-state index in [0.29, 0.717) is 5.56 Å². The van der Waals surface area contributed by atoms with E-state index in [1.165, 1.54) is 0 Å². The zero-order valence-electron chi connectivity index (χ0n) is 11.6. The first-order chi connectivity index (χ1) is 9.04. The molecule has 0 radical (unpaired) electrons. The summed E-state index contributed by atoms with van der Waals surface area (Å²) >= 11 is 3.48. The van der Waals surface area contributed by atoms with E-state index in [-0.39, 0.29) is 5.91 Å². The molecule has 4 nitrogen and oxygen atoms in total. The number of hydrogen-bond donors (Lipinski definition) is 0. The van der Waals surface area contributed by atoms with Crippen LogP contribution in [-0.4, -0.2) is 56.0 Å². The summed E-state index contributed by atoms with van der Waals surface area (Å²) in [5.74, 6) is 0.831. The minimum Gasteiger partial charge on any atom is -0.496 e. The lowest BCUT2D eigenvalue weighted by molar-refractivity contribution is 0.0662. The summed E-state index contributed by atoms with van der Waals surface area (Å²) in [7, 11) is 3.70. The fourth-order valence-electron chi connectivity index (χ4n) is 2.31. The molecule has 1 amide bonds. The maximum absolute atomic E-state index is 12.6. The Morgan fingerprint density at radius 1 is 1.26 bits per heavy atom. The van der Waals surface area contributed by atoms with Crippen molar-refractivity contribution in [2.24, 2.45) is 0 Å². The van der Waals surface area contributed by atoms with Gasteiger partial charge in [0.15, 0.2) is 0 Å². The Morgan fingerprint density at radius 3 is 2.47 bits per heavy atom. The Labute approximate surface area is 122 Å². The number of methoxy groups -OCH3 is 1. The summed E-state index contributed by atoms with van der Waals surface area (Å²) < 4.78 is 6.12. The molecule has 0 spiro atoms. The Kier molecular flexibility index (Phi) is 4.47. The van der Waals surface area contributed by atoms with Gasteiger partial charge in [0.05, 0.1) is 12.7 Å². The minimum absolute atomic E-state index is 0.0800. The molecule has 0 aromatic heterocycles. The fraction of sp³-hybridized carbons (Fsp3) is 0.500. The lowest BCUT2D eigenvalue weighted by Gasteiger charge is -2.33. The molecule has 1 aliphatic rings. The Bertz CT molecular complexity index is 483. The van der Waals surface area contributed by atoms with Gasteiger partial charge < -0.3 is 14.5 Å². The standard InChI is InChI=1S/C14H19BrN2O2/c1-10-12(19-3)5-4-11(15)13(10)14(18)17-8-6-16(2)7-9-17/h4-5H,6-9H2,1-3H3. The summed E-state index contributed by atoms with van der Waals surface area (Å²) in [4.78, 5) is 16.8. The summed E-state index contributed by atoms with van der Waals surface area (Å²) in [5.41, 5.74) is 1.60. The molecular weight excluding hydrogens is 308 g/mol. The lowest BCUT2D eigenvalue weighted by atomic mass is 10.1. The van der Waals surface area contributed by atoms with Crippen LogP contribution in [-0.2, 0) is 0 Å². The molecule has 1 aliphatic heterocycles. The average molecular weight is 327 g/mol. The highest BCUT2D eigenvalue weighted by Gasteiger charge is 2.24. The van der Waals surface area contributed by atoms with Crippen LogP contribution in [0.4, 0.5) is 0 Å². The van der Waals surface area contributed by atoms with Crippen LogP contribution < -0.4 is 4.74 Å². The molecule has 0 aliphatic carbocycles. The third-order valence-corrected chi connectivity index (χ3v) is 4.25. The Balaban J connectivity index is 2.28. The van der Waals surface area contributed by atoms with Crippen molar-refractivity contribution in [1.82, 2.24) is 9.80 Å². The van der Waals surface area contributed by atoms with Crippen molar-refractivity contribution in [2.45, 2.75) is 6.92 Å². The summed E-state index contributed by atoms with van der Waals surface area (Å²) in [5, 5.41) is 0. The molecule has 104 valence electrons. The molecule has 0 atom stereocenters. The number of amides is 1. The zero-order valence-corrected chi connectivity index (χ0v) is 13.2. The Hall–Kier alpha value is -1.07. The minimum atomic E-state index is 0.0800. The van der Waals surface area contributed by atoms with Crippen molar-refractivity contribution in [3.05, 3.63) is 27.7 Å². The number of halogens is 1. The fourth-order valence-corrected chi connectivity index (χ4v) is 2.91. The zero-order chi connectivity index (χ0) is 14.0. The van der Waals surface area contributed by atoms with Gasteiger partial charge in [-0.2, -0.15) is 0 Å². The van der Waals surface area contributed by atoms with Gasteiger partial charge in [0, 0.05) is 36.2 Å². The maximum atomic E-state index is 12.6. The normalized spacial score (nSPS) is 16.5. The highest BCUT2D eigenvalue weighted by Crippen LogP contribution is 2.29. The van der Waals surface area contributed by atoms with E-state index in [4.69, 9.17) is 4.74 Å².